The minimum Gasteiger partial charge on any atom is -0.465 e. The van der Waals surface area contributed by atoms with E-state index in [1.54, 1.807) is 44.6 Å². The highest BCUT2D eigenvalue weighted by Gasteiger charge is 2.28. The van der Waals surface area contributed by atoms with E-state index in [2.05, 4.69) is 12.2 Å². The minimum atomic E-state index is -0.182. The van der Waals surface area contributed by atoms with E-state index in [-0.39, 0.29) is 11.8 Å². The molecule has 1 aliphatic carbocycles. The van der Waals surface area contributed by atoms with Gasteiger partial charge in [0.15, 0.2) is 0 Å². The molecule has 6 heteroatoms. The minimum absolute atomic E-state index is 0.0815. The fourth-order valence-corrected chi connectivity index (χ4v) is 4.69. The van der Waals surface area contributed by atoms with Crippen molar-refractivity contribution in [2.75, 3.05) is 19.4 Å². The van der Waals surface area contributed by atoms with Crippen molar-refractivity contribution in [3.05, 3.63) is 95.1 Å². The summed E-state index contributed by atoms with van der Waals surface area (Å²) in [6, 6.07) is 18.5. The molecular formula is C29H27N3O3. The number of aromatic nitrogens is 1. The Morgan fingerprint density at radius 3 is 2.51 bits per heavy atom. The number of nitrogens with zero attached hydrogens (tertiary/aromatic N) is 2. The van der Waals surface area contributed by atoms with Gasteiger partial charge in [0.1, 0.15) is 5.76 Å². The number of anilines is 1. The Morgan fingerprint density at radius 1 is 1.03 bits per heavy atom. The number of fused-ring (bicyclic) bond motifs is 2. The summed E-state index contributed by atoms with van der Waals surface area (Å²) in [7, 11) is 3.43. The van der Waals surface area contributed by atoms with Gasteiger partial charge >= 0.3 is 0 Å². The summed E-state index contributed by atoms with van der Waals surface area (Å²) in [6.45, 7) is 2.19. The monoisotopic (exact) mass is 465 g/mol. The van der Waals surface area contributed by atoms with Crippen LogP contribution in [0.2, 0.25) is 0 Å². The highest BCUT2D eigenvalue weighted by Crippen LogP contribution is 2.38. The molecule has 0 fully saturated rings. The molecule has 2 heterocycles. The Balaban J connectivity index is 1.58. The van der Waals surface area contributed by atoms with Gasteiger partial charge in [0.25, 0.3) is 11.8 Å². The van der Waals surface area contributed by atoms with E-state index in [0.29, 0.717) is 22.7 Å². The SMILES string of the molecule is CC1C/C(=C\c2ccco2)c2nc3ccccc3c(C(=O)Nc3ccc(C(=O)N(C)C)cc3)c2C1. The fourth-order valence-electron chi connectivity index (χ4n) is 4.69. The van der Waals surface area contributed by atoms with Gasteiger partial charge < -0.3 is 14.6 Å². The van der Waals surface area contributed by atoms with Crippen molar-refractivity contribution in [2.45, 2.75) is 19.8 Å². The molecule has 35 heavy (non-hydrogen) atoms. The molecule has 6 nitrogen and oxygen atoms in total. The first-order valence-corrected chi connectivity index (χ1v) is 11.7. The number of benzene rings is 2. The number of amides is 2. The lowest BCUT2D eigenvalue weighted by Crippen LogP contribution is -2.22. The first-order valence-electron chi connectivity index (χ1n) is 11.7. The van der Waals surface area contributed by atoms with Crippen molar-refractivity contribution in [3.8, 4) is 0 Å². The van der Waals surface area contributed by atoms with Crippen LogP contribution in [0.25, 0.3) is 22.6 Å². The molecule has 4 aromatic rings. The summed E-state index contributed by atoms with van der Waals surface area (Å²) >= 11 is 0. The van der Waals surface area contributed by atoms with Gasteiger partial charge in [0.05, 0.1) is 23.0 Å². The molecule has 2 aromatic carbocycles. The molecule has 0 saturated heterocycles. The van der Waals surface area contributed by atoms with Gasteiger partial charge in [-0.3, -0.25) is 9.59 Å². The number of rotatable bonds is 4. The summed E-state index contributed by atoms with van der Waals surface area (Å²) in [6.07, 6.45) is 5.31. The number of carbonyl (C=O) groups excluding carboxylic acids is 2. The van der Waals surface area contributed by atoms with Gasteiger partial charge in [-0.2, -0.15) is 0 Å². The Kier molecular flexibility index (Phi) is 5.95. The molecule has 0 radical (unpaired) electrons. The van der Waals surface area contributed by atoms with Crippen LogP contribution in [0.15, 0.2) is 71.3 Å². The number of furan rings is 1. The fraction of sp³-hybridized carbons (Fsp3) is 0.207. The van der Waals surface area contributed by atoms with Gasteiger partial charge in [-0.15, -0.1) is 0 Å². The molecule has 1 N–H and O–H groups in total. The highest BCUT2D eigenvalue weighted by molar-refractivity contribution is 6.14. The molecule has 0 aliphatic heterocycles. The van der Waals surface area contributed by atoms with E-state index in [1.165, 1.54) is 4.90 Å². The summed E-state index contributed by atoms with van der Waals surface area (Å²) < 4.78 is 5.56. The number of carbonyl (C=O) groups is 2. The van der Waals surface area contributed by atoms with Gasteiger partial charge in [-0.25, -0.2) is 4.98 Å². The summed E-state index contributed by atoms with van der Waals surface area (Å²) in [5.74, 6) is 0.864. The Morgan fingerprint density at radius 2 is 1.80 bits per heavy atom. The number of hydrogen-bond donors (Lipinski definition) is 1. The van der Waals surface area contributed by atoms with Crippen LogP contribution in [-0.4, -0.2) is 35.8 Å². The maximum absolute atomic E-state index is 13.7. The van der Waals surface area contributed by atoms with Crippen LogP contribution in [0.1, 0.15) is 51.1 Å². The van der Waals surface area contributed by atoms with E-state index in [0.717, 1.165) is 46.3 Å². The molecule has 176 valence electrons. The maximum Gasteiger partial charge on any atom is 0.256 e. The Hall–Kier alpha value is -4.19. The molecule has 2 amide bonds. The third kappa shape index (κ3) is 4.47. The number of hydrogen-bond acceptors (Lipinski definition) is 4. The third-order valence-electron chi connectivity index (χ3n) is 6.30. The van der Waals surface area contributed by atoms with E-state index in [9.17, 15) is 9.59 Å². The summed E-state index contributed by atoms with van der Waals surface area (Å²) in [5, 5.41) is 3.87. The molecule has 5 rings (SSSR count). The van der Waals surface area contributed by atoms with Crippen LogP contribution in [0.3, 0.4) is 0 Å². The van der Waals surface area contributed by atoms with E-state index < -0.39 is 0 Å². The van der Waals surface area contributed by atoms with Crippen LogP contribution in [0, 0.1) is 5.92 Å². The normalized spacial score (nSPS) is 16.2. The highest BCUT2D eigenvalue weighted by atomic mass is 16.3. The predicted molar refractivity (Wildman–Crippen MR) is 138 cm³/mol. The average molecular weight is 466 g/mol. The lowest BCUT2D eigenvalue weighted by Gasteiger charge is -2.26. The second kappa shape index (κ2) is 9.22. The maximum atomic E-state index is 13.7. The van der Waals surface area contributed by atoms with Crippen molar-refractivity contribution < 1.29 is 14.0 Å². The van der Waals surface area contributed by atoms with Crippen molar-refractivity contribution >= 4 is 40.1 Å². The summed E-state index contributed by atoms with van der Waals surface area (Å²) in [4.78, 5) is 32.4. The second-order valence-corrected chi connectivity index (χ2v) is 9.26. The molecule has 1 unspecified atom stereocenters. The average Bonchev–Trinajstić information content (AvgIpc) is 3.36. The second-order valence-electron chi connectivity index (χ2n) is 9.26. The molecule has 1 atom stereocenters. The van der Waals surface area contributed by atoms with Gasteiger partial charge in [-0.1, -0.05) is 25.1 Å². The smallest absolute Gasteiger partial charge is 0.256 e. The molecule has 1 aliphatic rings. The lowest BCUT2D eigenvalue weighted by atomic mass is 9.80. The van der Waals surface area contributed by atoms with Gasteiger partial charge in [-0.05, 0) is 78.4 Å². The van der Waals surface area contributed by atoms with Crippen molar-refractivity contribution in [1.29, 1.82) is 0 Å². The van der Waals surface area contributed by atoms with E-state index in [4.69, 9.17) is 9.40 Å². The molecule has 0 spiro atoms. The number of nitrogens with one attached hydrogen (secondary N) is 1. The Bertz CT molecular complexity index is 1430. The predicted octanol–water partition coefficient (Wildman–Crippen LogP) is 5.90. The molecular weight excluding hydrogens is 438 g/mol. The van der Waals surface area contributed by atoms with Crippen LogP contribution in [0.5, 0.6) is 0 Å². The van der Waals surface area contributed by atoms with Crippen LogP contribution in [0.4, 0.5) is 5.69 Å². The van der Waals surface area contributed by atoms with E-state index in [1.807, 2.05) is 42.5 Å². The quantitative estimate of drug-likeness (QED) is 0.407. The first-order chi connectivity index (χ1) is 16.9. The van der Waals surface area contributed by atoms with Crippen molar-refractivity contribution in [3.63, 3.8) is 0 Å². The number of para-hydroxylation sites is 1. The summed E-state index contributed by atoms with van der Waals surface area (Å²) in [5.41, 5.74) is 5.52. The van der Waals surface area contributed by atoms with Crippen LogP contribution < -0.4 is 5.32 Å². The molecule has 0 bridgehead atoms. The van der Waals surface area contributed by atoms with Gasteiger partial charge in [0.2, 0.25) is 0 Å². The lowest BCUT2D eigenvalue weighted by molar-refractivity contribution is 0.0827. The van der Waals surface area contributed by atoms with E-state index >= 15 is 0 Å². The number of pyridine rings is 1. The first kappa shape index (κ1) is 22.6. The van der Waals surface area contributed by atoms with Crippen molar-refractivity contribution in [2.24, 2.45) is 5.92 Å². The third-order valence-corrected chi connectivity index (χ3v) is 6.30. The largest absolute Gasteiger partial charge is 0.465 e. The van der Waals surface area contributed by atoms with Gasteiger partial charge in [0, 0.05) is 30.7 Å². The van der Waals surface area contributed by atoms with Crippen LogP contribution >= 0.6 is 0 Å². The molecule has 2 aromatic heterocycles. The topological polar surface area (TPSA) is 75.4 Å². The Labute approximate surface area is 204 Å². The number of allylic oxidation sites excluding steroid dienone is 1. The zero-order valence-corrected chi connectivity index (χ0v) is 20.0. The zero-order valence-electron chi connectivity index (χ0n) is 20.0. The molecule has 0 saturated carbocycles. The van der Waals surface area contributed by atoms with Crippen LogP contribution in [-0.2, 0) is 6.42 Å². The zero-order chi connectivity index (χ0) is 24.5. The standard InChI is InChI=1S/C29H27N3O3/c1-18-15-20(17-22-7-6-14-35-22)27-24(16-18)26(23-8-4-5-9-25(23)31-27)28(33)30-21-12-10-19(11-13-21)29(34)32(2)3/h4-14,17-18H,15-16H2,1-3H3,(H,30,33)/b20-17+. The van der Waals surface area contributed by atoms with Crippen molar-refractivity contribution in [1.82, 2.24) is 9.88 Å².